The van der Waals surface area contributed by atoms with Crippen molar-refractivity contribution >= 4 is 23.4 Å². The average molecular weight is 462 g/mol. The molecule has 0 spiro atoms. The molecular formula is C26H27N3O3S. The second-order valence-electron chi connectivity index (χ2n) is 8.55. The molecule has 0 radical (unpaired) electrons. The van der Waals surface area contributed by atoms with Crippen LogP contribution in [0.4, 0.5) is 5.69 Å². The van der Waals surface area contributed by atoms with Crippen LogP contribution in [0.2, 0.25) is 0 Å². The zero-order valence-corrected chi connectivity index (χ0v) is 19.2. The van der Waals surface area contributed by atoms with Gasteiger partial charge >= 0.3 is 11.5 Å². The van der Waals surface area contributed by atoms with E-state index >= 15 is 0 Å². The van der Waals surface area contributed by atoms with Crippen LogP contribution in [0.5, 0.6) is 5.75 Å². The van der Waals surface area contributed by atoms with Gasteiger partial charge in [0, 0.05) is 38.5 Å². The Bertz CT molecular complexity index is 1100. The molecule has 5 rings (SSSR count). The molecule has 3 aromatic rings. The minimum atomic E-state index is -1.85. The SMILES string of the molecule is [O-][S+]1N=Cc2ccccc2[N+]1([O-])C1CCN(Cc2ccc(OCc3ccccc3)cc2)CC1. The third-order valence-corrected chi connectivity index (χ3v) is 7.65. The predicted octanol–water partition coefficient (Wildman–Crippen LogP) is 4.75. The maximum absolute atomic E-state index is 13.8. The van der Waals surface area contributed by atoms with E-state index in [-0.39, 0.29) is 6.04 Å². The molecule has 1 saturated heterocycles. The molecule has 2 heterocycles. The Hall–Kier alpha value is -2.68. The molecule has 2 atom stereocenters. The van der Waals surface area contributed by atoms with Gasteiger partial charge in [-0.25, -0.2) is 0 Å². The molecule has 7 heteroatoms. The van der Waals surface area contributed by atoms with Gasteiger partial charge in [-0.2, -0.15) is 0 Å². The van der Waals surface area contributed by atoms with Gasteiger partial charge in [0.1, 0.15) is 18.4 Å². The van der Waals surface area contributed by atoms with Gasteiger partial charge < -0.3 is 14.5 Å². The summed E-state index contributed by atoms with van der Waals surface area (Å²) in [4.78, 5) is 2.35. The Morgan fingerprint density at radius 1 is 0.909 bits per heavy atom. The van der Waals surface area contributed by atoms with E-state index in [1.54, 1.807) is 12.3 Å². The maximum atomic E-state index is 13.8. The largest absolute Gasteiger partial charge is 0.579 e. The number of rotatable bonds is 6. The van der Waals surface area contributed by atoms with E-state index in [9.17, 15) is 9.76 Å². The number of para-hydroxylation sites is 1. The Labute approximate surface area is 197 Å². The third kappa shape index (κ3) is 4.69. The van der Waals surface area contributed by atoms with Crippen LogP contribution in [0.25, 0.3) is 0 Å². The van der Waals surface area contributed by atoms with E-state index in [0.29, 0.717) is 25.1 Å². The molecular weight excluding hydrogens is 434 g/mol. The number of fused-ring (bicyclic) bond motifs is 1. The van der Waals surface area contributed by atoms with Crippen LogP contribution in [-0.2, 0) is 24.7 Å². The van der Waals surface area contributed by atoms with Crippen molar-refractivity contribution in [2.75, 3.05) is 13.1 Å². The molecule has 0 N–H and O–H groups in total. The zero-order chi connectivity index (χ0) is 22.7. The van der Waals surface area contributed by atoms with Crippen LogP contribution < -0.4 is 8.79 Å². The van der Waals surface area contributed by atoms with Crippen molar-refractivity contribution in [1.82, 2.24) is 8.95 Å². The first-order valence-electron chi connectivity index (χ1n) is 11.3. The summed E-state index contributed by atoms with van der Waals surface area (Å²) in [5.74, 6) is 0.853. The summed E-state index contributed by atoms with van der Waals surface area (Å²) in [6, 6.07) is 25.4. The molecule has 0 saturated carbocycles. The Morgan fingerprint density at radius 3 is 2.36 bits per heavy atom. The first kappa shape index (κ1) is 22.1. The minimum absolute atomic E-state index is 0.255. The molecule has 0 aliphatic carbocycles. The summed E-state index contributed by atoms with van der Waals surface area (Å²) in [6.45, 7) is 2.96. The van der Waals surface area contributed by atoms with Crippen LogP contribution >= 0.6 is 0 Å². The molecule has 1 fully saturated rings. The van der Waals surface area contributed by atoms with Crippen molar-refractivity contribution in [3.63, 3.8) is 0 Å². The molecule has 2 aliphatic rings. The number of benzene rings is 3. The second kappa shape index (κ2) is 9.67. The Morgan fingerprint density at radius 2 is 1.61 bits per heavy atom. The fraction of sp³-hybridized carbons (Fsp3) is 0.269. The zero-order valence-electron chi connectivity index (χ0n) is 18.4. The normalized spacial score (nSPS) is 23.3. The monoisotopic (exact) mass is 461 g/mol. The summed E-state index contributed by atoms with van der Waals surface area (Å²) >= 11 is -1.85. The fourth-order valence-electron chi connectivity index (χ4n) is 4.57. The highest BCUT2D eigenvalue weighted by molar-refractivity contribution is 7.90. The van der Waals surface area contributed by atoms with Crippen molar-refractivity contribution in [2.45, 2.75) is 32.0 Å². The number of ether oxygens (including phenoxy) is 1. The molecule has 0 amide bonds. The molecule has 2 unspecified atom stereocenters. The summed E-state index contributed by atoms with van der Waals surface area (Å²) in [5.41, 5.74) is 3.69. The predicted molar refractivity (Wildman–Crippen MR) is 133 cm³/mol. The van der Waals surface area contributed by atoms with E-state index < -0.39 is 15.6 Å². The molecule has 170 valence electrons. The van der Waals surface area contributed by atoms with Gasteiger partial charge in [0.2, 0.25) is 0 Å². The Balaban J connectivity index is 1.17. The molecule has 33 heavy (non-hydrogen) atoms. The highest BCUT2D eigenvalue weighted by Crippen LogP contribution is 2.39. The van der Waals surface area contributed by atoms with Gasteiger partial charge in [-0.05, 0) is 33.7 Å². The van der Waals surface area contributed by atoms with E-state index in [1.807, 2.05) is 48.5 Å². The van der Waals surface area contributed by atoms with Gasteiger partial charge in [0.15, 0.2) is 5.69 Å². The van der Waals surface area contributed by atoms with Gasteiger partial charge in [0.05, 0.1) is 11.8 Å². The molecule has 2 aliphatic heterocycles. The molecule has 6 nitrogen and oxygen atoms in total. The highest BCUT2D eigenvalue weighted by atomic mass is 32.2. The standard InChI is InChI=1S/C26H27N3O3S/c30-29(26-9-5-4-8-23(26)18-27-33(29)31)24-14-16-28(17-15-24)19-21-10-12-25(13-11-21)32-20-22-6-2-1-3-7-22/h1-13,18,24H,14-17,19-20H2. The summed E-state index contributed by atoms with van der Waals surface area (Å²) in [7, 11) is 0. The topological polar surface area (TPSA) is 71.0 Å². The van der Waals surface area contributed by atoms with E-state index in [0.717, 1.165) is 36.5 Å². The summed E-state index contributed by atoms with van der Waals surface area (Å²) < 4.78 is 21.7. The van der Waals surface area contributed by atoms with Gasteiger partial charge in [-0.1, -0.05) is 54.6 Å². The number of hydrogen-bond acceptors (Lipinski definition) is 5. The Kier molecular flexibility index (Phi) is 6.48. The first-order valence-corrected chi connectivity index (χ1v) is 12.3. The lowest BCUT2D eigenvalue weighted by Gasteiger charge is -2.46. The summed E-state index contributed by atoms with van der Waals surface area (Å²) in [6.07, 6.45) is 2.94. The van der Waals surface area contributed by atoms with E-state index in [4.69, 9.17) is 4.74 Å². The van der Waals surface area contributed by atoms with Crippen LogP contribution in [0.15, 0.2) is 83.3 Å². The van der Waals surface area contributed by atoms with E-state index in [1.165, 1.54) is 5.56 Å². The smallest absolute Gasteiger partial charge is 0.310 e. The molecule has 0 bridgehead atoms. The highest BCUT2D eigenvalue weighted by Gasteiger charge is 2.48. The lowest BCUT2D eigenvalue weighted by atomic mass is 10.0. The quantitative estimate of drug-likeness (QED) is 0.302. The van der Waals surface area contributed by atoms with Crippen LogP contribution in [0.1, 0.15) is 29.5 Å². The number of quaternary nitrogens is 1. The summed E-state index contributed by atoms with van der Waals surface area (Å²) in [5, 5.41) is 13.8. The average Bonchev–Trinajstić information content (AvgIpc) is 2.87. The van der Waals surface area contributed by atoms with E-state index in [2.05, 4.69) is 33.6 Å². The molecule has 0 aromatic heterocycles. The van der Waals surface area contributed by atoms with Crippen molar-refractivity contribution in [3.8, 4) is 5.75 Å². The van der Waals surface area contributed by atoms with Crippen LogP contribution in [0, 0.1) is 5.21 Å². The number of likely N-dealkylation sites (tertiary alicyclic amines) is 1. The third-order valence-electron chi connectivity index (χ3n) is 6.40. The van der Waals surface area contributed by atoms with Crippen molar-refractivity contribution in [2.24, 2.45) is 4.40 Å². The second-order valence-corrected chi connectivity index (χ2v) is 9.76. The van der Waals surface area contributed by atoms with Gasteiger partial charge in [-0.3, -0.25) is 4.90 Å². The minimum Gasteiger partial charge on any atom is -0.579 e. The maximum Gasteiger partial charge on any atom is 0.310 e. The van der Waals surface area contributed by atoms with Crippen molar-refractivity contribution in [3.05, 3.63) is 101 Å². The number of piperidine rings is 1. The van der Waals surface area contributed by atoms with Crippen LogP contribution in [-0.4, -0.2) is 34.8 Å². The van der Waals surface area contributed by atoms with Gasteiger partial charge in [-0.15, -0.1) is 4.05 Å². The lowest BCUT2D eigenvalue weighted by Crippen LogP contribution is -2.59. The number of hydroxylamine groups is 1. The number of hydrogen-bond donors (Lipinski definition) is 0. The first-order chi connectivity index (χ1) is 16.1. The lowest BCUT2D eigenvalue weighted by molar-refractivity contribution is 0.170. The van der Waals surface area contributed by atoms with Crippen molar-refractivity contribution in [1.29, 1.82) is 0 Å². The number of nitrogens with zero attached hydrogens (tertiary/aromatic N) is 3. The van der Waals surface area contributed by atoms with Crippen molar-refractivity contribution < 1.29 is 9.29 Å². The van der Waals surface area contributed by atoms with Gasteiger partial charge in [0.25, 0.3) is 0 Å². The molecule has 3 aromatic carbocycles. The fourth-order valence-corrected chi connectivity index (χ4v) is 5.71. The van der Waals surface area contributed by atoms with Crippen LogP contribution in [0.3, 0.4) is 0 Å².